The lowest BCUT2D eigenvalue weighted by Crippen LogP contribution is -2.33. The summed E-state index contributed by atoms with van der Waals surface area (Å²) < 4.78 is 4.83. The fourth-order valence-electron chi connectivity index (χ4n) is 5.20. The summed E-state index contributed by atoms with van der Waals surface area (Å²) in [5.41, 5.74) is 12.1. The van der Waals surface area contributed by atoms with Gasteiger partial charge in [-0.1, -0.05) is 40.8 Å². The minimum Gasteiger partial charge on any atom is -0.381 e. The van der Waals surface area contributed by atoms with Crippen LogP contribution in [-0.4, -0.2) is 66.2 Å². The van der Waals surface area contributed by atoms with Crippen LogP contribution in [-0.2, 0) is 13.6 Å². The first-order valence-corrected chi connectivity index (χ1v) is 14.4. The summed E-state index contributed by atoms with van der Waals surface area (Å²) in [7, 11) is 9.66. The number of rotatable bonds is 6. The highest BCUT2D eigenvalue weighted by Gasteiger charge is 2.23. The van der Waals surface area contributed by atoms with E-state index in [0.717, 1.165) is 27.5 Å². The Balaban J connectivity index is 1.65. The third-order valence-corrected chi connectivity index (χ3v) is 8.03. The molecule has 0 spiro atoms. The molecule has 4 aromatic heterocycles. The second-order valence-corrected chi connectivity index (χ2v) is 11.0. The molecule has 10 nitrogen and oxygen atoms in total. The molecular weight excluding hydrogens is 560 g/mol. The predicted octanol–water partition coefficient (Wildman–Crippen LogP) is -1.16. The number of carbonyl (C=O) groups is 1. The van der Waals surface area contributed by atoms with Crippen molar-refractivity contribution in [3.63, 3.8) is 0 Å². The Labute approximate surface area is 264 Å². The van der Waals surface area contributed by atoms with Gasteiger partial charge in [0, 0.05) is 43.4 Å². The van der Waals surface area contributed by atoms with Gasteiger partial charge in [-0.05, 0) is 36.0 Å². The van der Waals surface area contributed by atoms with E-state index in [2.05, 4.69) is 38.3 Å². The number of fused-ring (bicyclic) bond motifs is 2. The second-order valence-electron chi connectivity index (χ2n) is 11.0. The lowest BCUT2D eigenvalue weighted by atomic mass is 9.66. The third-order valence-electron chi connectivity index (χ3n) is 8.03. The summed E-state index contributed by atoms with van der Waals surface area (Å²) in [6.07, 6.45) is 12.4. The van der Waals surface area contributed by atoms with Crippen molar-refractivity contribution in [2.45, 2.75) is 19.5 Å². The summed E-state index contributed by atoms with van der Waals surface area (Å²) in [6.45, 7) is 2.10. The molecule has 0 aliphatic rings. The Kier molecular flexibility index (Phi) is 8.60. The number of allylic oxidation sites excluding steroid dienone is 4. The van der Waals surface area contributed by atoms with Gasteiger partial charge in [0.15, 0.2) is 11.5 Å². The number of terminal acetylenes is 1. The number of aromatic nitrogens is 6. The molecule has 1 amide bonds. The molecule has 5 rings (SSSR count). The van der Waals surface area contributed by atoms with Crippen molar-refractivity contribution >= 4 is 59.5 Å². The number of nitrogens with two attached hydrogens (primary N) is 1. The molecule has 5 aromatic rings. The maximum Gasteiger partial charge on any atom is 0.260 e. The zero-order valence-corrected chi connectivity index (χ0v) is 26.1. The Bertz CT molecular complexity index is 2230. The summed E-state index contributed by atoms with van der Waals surface area (Å²) in [4.78, 5) is 32.2. The zero-order chi connectivity index (χ0) is 32.4. The first-order valence-electron chi connectivity index (χ1n) is 14.4. The van der Waals surface area contributed by atoms with Crippen molar-refractivity contribution in [3.05, 3.63) is 110 Å². The standard InChI is InChI=1S/C31H30B4N8O2/c1-4-21(32)26(34)27(35)22(33)16-42-23(17(2)39-30(44)25-28(36)40-43-12-6-11-37-29(25)43)13-20-8-5-7-19(24(20)31(42)45)10-9-18-14-38-41(3)15-18/h1,5-8,11-15,17H,16,32-35H2,2-3H3,(H2,36,40)(H,39,44)/b26-21-,27-22-/t17-/m1/s1. The van der Waals surface area contributed by atoms with Gasteiger partial charge < -0.3 is 15.6 Å². The van der Waals surface area contributed by atoms with Crippen molar-refractivity contribution in [1.29, 1.82) is 0 Å². The van der Waals surface area contributed by atoms with Crippen LogP contribution in [0.5, 0.6) is 0 Å². The number of pyridine rings is 1. The molecule has 0 fully saturated rings. The van der Waals surface area contributed by atoms with Crippen LogP contribution in [0.4, 0.5) is 5.82 Å². The minimum absolute atomic E-state index is 0.0617. The highest BCUT2D eigenvalue weighted by molar-refractivity contribution is 6.44. The average Bonchev–Trinajstić information content (AvgIpc) is 3.60. The van der Waals surface area contributed by atoms with E-state index in [9.17, 15) is 9.59 Å². The fourth-order valence-corrected chi connectivity index (χ4v) is 5.20. The van der Waals surface area contributed by atoms with Crippen molar-refractivity contribution in [1.82, 2.24) is 34.3 Å². The smallest absolute Gasteiger partial charge is 0.260 e. The number of hydrogen-bond donors (Lipinski definition) is 2. The van der Waals surface area contributed by atoms with Gasteiger partial charge >= 0.3 is 0 Å². The van der Waals surface area contributed by atoms with Crippen molar-refractivity contribution in [3.8, 4) is 24.2 Å². The van der Waals surface area contributed by atoms with Gasteiger partial charge in [-0.25, -0.2) is 9.50 Å². The van der Waals surface area contributed by atoms with Gasteiger partial charge in [0.1, 0.15) is 36.9 Å². The van der Waals surface area contributed by atoms with Gasteiger partial charge in [-0.15, -0.1) is 17.0 Å². The molecule has 4 heterocycles. The lowest BCUT2D eigenvalue weighted by molar-refractivity contribution is 0.0940. The van der Waals surface area contributed by atoms with Crippen molar-refractivity contribution in [2.24, 2.45) is 7.05 Å². The molecule has 218 valence electrons. The maximum atomic E-state index is 14.4. The molecule has 0 unspecified atom stereocenters. The van der Waals surface area contributed by atoms with Crippen LogP contribution >= 0.6 is 0 Å². The van der Waals surface area contributed by atoms with Crippen molar-refractivity contribution < 1.29 is 4.79 Å². The summed E-state index contributed by atoms with van der Waals surface area (Å²) in [5, 5.41) is 12.6. The maximum absolute atomic E-state index is 14.4. The summed E-state index contributed by atoms with van der Waals surface area (Å²) >= 11 is 0. The molecule has 0 radical (unpaired) electrons. The van der Waals surface area contributed by atoms with Crippen LogP contribution < -0.4 is 16.6 Å². The van der Waals surface area contributed by atoms with Crippen LogP contribution in [0.3, 0.4) is 0 Å². The Morgan fingerprint density at radius 1 is 1.16 bits per heavy atom. The number of amides is 1. The molecule has 0 aliphatic carbocycles. The summed E-state index contributed by atoms with van der Waals surface area (Å²) in [6, 6.07) is 8.61. The van der Waals surface area contributed by atoms with Crippen LogP contribution in [0.1, 0.15) is 40.1 Å². The largest absolute Gasteiger partial charge is 0.381 e. The number of hydrogen-bond acceptors (Lipinski definition) is 6. The molecular formula is C31H30B4N8O2. The quantitative estimate of drug-likeness (QED) is 0.146. The Hall–Kier alpha value is -5.61. The van der Waals surface area contributed by atoms with E-state index in [4.69, 9.17) is 12.2 Å². The molecule has 1 atom stereocenters. The first-order chi connectivity index (χ1) is 21.5. The van der Waals surface area contributed by atoms with Crippen LogP contribution in [0.15, 0.2) is 81.8 Å². The number of benzene rings is 1. The van der Waals surface area contributed by atoms with E-state index in [1.54, 1.807) is 33.9 Å². The molecule has 0 bridgehead atoms. The van der Waals surface area contributed by atoms with E-state index in [1.807, 2.05) is 75.8 Å². The first kappa shape index (κ1) is 30.8. The van der Waals surface area contributed by atoms with E-state index in [-0.39, 0.29) is 23.5 Å². The van der Waals surface area contributed by atoms with Gasteiger partial charge in [-0.3, -0.25) is 14.3 Å². The van der Waals surface area contributed by atoms with Gasteiger partial charge in [-0.2, -0.15) is 5.10 Å². The number of aryl methyl sites for hydroxylation is 1. The second kappa shape index (κ2) is 12.6. The van der Waals surface area contributed by atoms with Gasteiger partial charge in [0.05, 0.1) is 23.2 Å². The van der Waals surface area contributed by atoms with Crippen LogP contribution in [0.2, 0.25) is 0 Å². The number of anilines is 1. The van der Waals surface area contributed by atoms with E-state index in [0.29, 0.717) is 27.7 Å². The van der Waals surface area contributed by atoms with E-state index < -0.39 is 11.9 Å². The number of carbonyl (C=O) groups excluding carboxylic acids is 1. The fraction of sp³-hybridized carbons (Fsp3) is 0.129. The Morgan fingerprint density at radius 2 is 1.93 bits per heavy atom. The number of nitrogen functional groups attached to an aromatic ring is 1. The lowest BCUT2D eigenvalue weighted by Gasteiger charge is -2.22. The van der Waals surface area contributed by atoms with Crippen LogP contribution in [0, 0.1) is 24.2 Å². The molecule has 3 N–H and O–H groups in total. The normalized spacial score (nSPS) is 12.9. The predicted molar refractivity (Wildman–Crippen MR) is 188 cm³/mol. The molecule has 0 aliphatic heterocycles. The SMILES string of the molecule is B/C(C#C)=C(B)/C(B)=C(/B)Cn1c([C@@H](C)NC(=O)c2c(N)nn3cccnc23)cc2cccc(C#Cc3cnn(C)c3)c2c1=O. The Morgan fingerprint density at radius 3 is 2.64 bits per heavy atom. The molecule has 1 aromatic carbocycles. The highest BCUT2D eigenvalue weighted by Crippen LogP contribution is 2.23. The van der Waals surface area contributed by atoms with E-state index >= 15 is 0 Å². The van der Waals surface area contributed by atoms with Gasteiger partial charge in [0.2, 0.25) is 0 Å². The third kappa shape index (κ3) is 6.09. The van der Waals surface area contributed by atoms with Gasteiger partial charge in [0.25, 0.3) is 11.5 Å². The minimum atomic E-state index is -0.588. The average molecular weight is 590 g/mol. The van der Waals surface area contributed by atoms with Crippen molar-refractivity contribution in [2.75, 3.05) is 5.73 Å². The van der Waals surface area contributed by atoms with E-state index in [1.165, 1.54) is 4.52 Å². The molecule has 14 heteroatoms. The topological polar surface area (TPSA) is 125 Å². The summed E-state index contributed by atoms with van der Waals surface area (Å²) in [5.74, 6) is 8.60. The molecule has 0 saturated carbocycles. The number of nitrogens with one attached hydrogen (secondary N) is 1. The zero-order valence-electron chi connectivity index (χ0n) is 26.1. The number of nitrogens with zero attached hydrogens (tertiary/aromatic N) is 6. The molecule has 0 saturated heterocycles. The molecule has 45 heavy (non-hydrogen) atoms. The van der Waals surface area contributed by atoms with Crippen LogP contribution in [0.25, 0.3) is 16.4 Å². The monoisotopic (exact) mass is 590 g/mol. The highest BCUT2D eigenvalue weighted by atomic mass is 16.2.